The second-order valence-electron chi connectivity index (χ2n) is 6.04. The maximum absolute atomic E-state index is 12.7. The first-order valence-electron chi connectivity index (χ1n) is 8.09. The Morgan fingerprint density at radius 2 is 1.67 bits per heavy atom. The molecule has 3 rings (SSSR count). The largest absolute Gasteiger partial charge is 0.336 e. The molecule has 0 N–H and O–H groups in total. The van der Waals surface area contributed by atoms with Crippen molar-refractivity contribution in [1.29, 1.82) is 0 Å². The van der Waals surface area contributed by atoms with Gasteiger partial charge in [0.15, 0.2) is 0 Å². The Bertz CT molecular complexity index is 713. The van der Waals surface area contributed by atoms with E-state index < -0.39 is 0 Å². The molecule has 0 spiro atoms. The number of rotatable bonds is 3. The van der Waals surface area contributed by atoms with Crippen molar-refractivity contribution >= 4 is 29.1 Å². The molecule has 24 heavy (non-hydrogen) atoms. The normalized spacial score (nSPS) is 16.9. The summed E-state index contributed by atoms with van der Waals surface area (Å²) < 4.78 is 0. The van der Waals surface area contributed by atoms with Gasteiger partial charge < -0.3 is 4.90 Å². The van der Waals surface area contributed by atoms with Gasteiger partial charge in [-0.2, -0.15) is 0 Å². The van der Waals surface area contributed by atoms with Crippen LogP contribution in [0.15, 0.2) is 48.5 Å². The number of amides is 1. The maximum atomic E-state index is 12.7. The molecule has 1 unspecified atom stereocenters. The molecule has 1 aliphatic rings. The van der Waals surface area contributed by atoms with Crippen LogP contribution in [0.3, 0.4) is 0 Å². The fourth-order valence-corrected chi connectivity index (χ4v) is 3.58. The Labute approximate surface area is 152 Å². The minimum Gasteiger partial charge on any atom is -0.336 e. The van der Waals surface area contributed by atoms with Crippen LogP contribution in [0, 0.1) is 0 Å². The highest BCUT2D eigenvalue weighted by Gasteiger charge is 2.26. The van der Waals surface area contributed by atoms with Crippen molar-refractivity contribution in [2.24, 2.45) is 0 Å². The molecule has 1 saturated heterocycles. The maximum Gasteiger partial charge on any atom is 0.255 e. The summed E-state index contributed by atoms with van der Waals surface area (Å²) in [6.07, 6.45) is 0. The summed E-state index contributed by atoms with van der Waals surface area (Å²) in [4.78, 5) is 16.9. The Morgan fingerprint density at radius 1 is 1.00 bits per heavy atom. The first-order valence-corrected chi connectivity index (χ1v) is 8.85. The van der Waals surface area contributed by atoms with E-state index in [4.69, 9.17) is 23.2 Å². The number of carbonyl (C=O) groups excluding carboxylic acids is 1. The van der Waals surface area contributed by atoms with Crippen molar-refractivity contribution in [2.75, 3.05) is 26.2 Å². The molecule has 1 fully saturated rings. The second kappa shape index (κ2) is 7.56. The lowest BCUT2D eigenvalue weighted by atomic mass is 10.1. The first kappa shape index (κ1) is 17.3. The summed E-state index contributed by atoms with van der Waals surface area (Å²) in [6, 6.07) is 15.8. The van der Waals surface area contributed by atoms with E-state index in [-0.39, 0.29) is 5.91 Å². The van der Waals surface area contributed by atoms with Crippen LogP contribution >= 0.6 is 23.2 Å². The van der Waals surface area contributed by atoms with Crippen LogP contribution < -0.4 is 0 Å². The summed E-state index contributed by atoms with van der Waals surface area (Å²) >= 11 is 12.1. The number of hydrogen-bond donors (Lipinski definition) is 0. The molecule has 0 bridgehead atoms. The van der Waals surface area contributed by atoms with Crippen molar-refractivity contribution in [1.82, 2.24) is 9.80 Å². The van der Waals surface area contributed by atoms with Crippen LogP contribution in [0.2, 0.25) is 10.0 Å². The van der Waals surface area contributed by atoms with E-state index in [2.05, 4.69) is 36.1 Å². The average Bonchev–Trinajstić information content (AvgIpc) is 2.61. The molecular weight excluding hydrogens is 343 g/mol. The zero-order valence-electron chi connectivity index (χ0n) is 13.6. The number of carbonyl (C=O) groups is 1. The molecule has 5 heteroatoms. The standard InChI is InChI=1S/C19H20Cl2N2O/c1-14(15-5-3-2-4-6-15)22-9-11-23(12-10-22)19(24)17-8-7-16(20)13-18(17)21/h2-8,13-14H,9-12H2,1H3. The van der Waals surface area contributed by atoms with Crippen molar-refractivity contribution < 1.29 is 4.79 Å². The number of benzene rings is 2. The molecule has 0 aliphatic carbocycles. The van der Waals surface area contributed by atoms with Crippen LogP contribution in [0.4, 0.5) is 0 Å². The highest BCUT2D eigenvalue weighted by Crippen LogP contribution is 2.25. The second-order valence-corrected chi connectivity index (χ2v) is 6.88. The number of halogens is 2. The molecule has 0 saturated carbocycles. The smallest absolute Gasteiger partial charge is 0.255 e. The Hall–Kier alpha value is -1.55. The van der Waals surface area contributed by atoms with Gasteiger partial charge in [-0.25, -0.2) is 0 Å². The van der Waals surface area contributed by atoms with Crippen LogP contribution in [-0.2, 0) is 0 Å². The molecule has 1 heterocycles. The van der Waals surface area contributed by atoms with Gasteiger partial charge in [0.05, 0.1) is 10.6 Å². The molecule has 2 aromatic carbocycles. The van der Waals surface area contributed by atoms with E-state index in [1.54, 1.807) is 18.2 Å². The molecule has 1 atom stereocenters. The third-order valence-corrected chi connectivity index (χ3v) is 5.14. The molecule has 1 amide bonds. The third-order valence-electron chi connectivity index (χ3n) is 4.59. The first-order chi connectivity index (χ1) is 11.6. The summed E-state index contributed by atoms with van der Waals surface area (Å²) in [6.45, 7) is 5.33. The van der Waals surface area contributed by atoms with Gasteiger partial charge >= 0.3 is 0 Å². The number of hydrogen-bond acceptors (Lipinski definition) is 2. The molecule has 126 valence electrons. The summed E-state index contributed by atoms with van der Waals surface area (Å²) in [5, 5.41) is 0.950. The molecule has 0 radical (unpaired) electrons. The van der Waals surface area contributed by atoms with Crippen LogP contribution in [0.25, 0.3) is 0 Å². The van der Waals surface area contributed by atoms with Crippen LogP contribution in [0.5, 0.6) is 0 Å². The van der Waals surface area contributed by atoms with Gasteiger partial charge in [0, 0.05) is 37.2 Å². The van der Waals surface area contributed by atoms with E-state index >= 15 is 0 Å². The molecular formula is C19H20Cl2N2O. The topological polar surface area (TPSA) is 23.6 Å². The van der Waals surface area contributed by atoms with Crippen molar-refractivity contribution in [3.05, 3.63) is 69.7 Å². The Balaban J connectivity index is 1.63. The Morgan fingerprint density at radius 3 is 2.29 bits per heavy atom. The number of piperazine rings is 1. The van der Waals surface area contributed by atoms with Crippen molar-refractivity contribution in [3.8, 4) is 0 Å². The van der Waals surface area contributed by atoms with E-state index in [1.807, 2.05) is 11.0 Å². The monoisotopic (exact) mass is 362 g/mol. The summed E-state index contributed by atoms with van der Waals surface area (Å²) in [7, 11) is 0. The third kappa shape index (κ3) is 3.75. The van der Waals surface area contributed by atoms with Gasteiger partial charge in [0.1, 0.15) is 0 Å². The quantitative estimate of drug-likeness (QED) is 0.801. The van der Waals surface area contributed by atoms with Crippen molar-refractivity contribution in [3.63, 3.8) is 0 Å². The molecule has 0 aromatic heterocycles. The highest BCUT2D eigenvalue weighted by atomic mass is 35.5. The van der Waals surface area contributed by atoms with E-state index in [1.165, 1.54) is 5.56 Å². The average molecular weight is 363 g/mol. The van der Waals surface area contributed by atoms with E-state index in [0.717, 1.165) is 13.1 Å². The predicted octanol–water partition coefficient (Wildman–Crippen LogP) is 4.51. The summed E-state index contributed by atoms with van der Waals surface area (Å²) in [5.41, 5.74) is 1.82. The van der Waals surface area contributed by atoms with Crippen LogP contribution in [-0.4, -0.2) is 41.9 Å². The lowest BCUT2D eigenvalue weighted by molar-refractivity contribution is 0.0582. The van der Waals surface area contributed by atoms with Gasteiger partial charge in [-0.1, -0.05) is 53.5 Å². The fraction of sp³-hybridized carbons (Fsp3) is 0.316. The molecule has 2 aromatic rings. The summed E-state index contributed by atoms with van der Waals surface area (Å²) in [5.74, 6) is -0.0244. The molecule has 3 nitrogen and oxygen atoms in total. The minimum atomic E-state index is -0.0244. The fourth-order valence-electron chi connectivity index (χ4n) is 3.09. The lowest BCUT2D eigenvalue weighted by Crippen LogP contribution is -2.49. The highest BCUT2D eigenvalue weighted by molar-refractivity contribution is 6.36. The van der Waals surface area contributed by atoms with Gasteiger partial charge in [-0.15, -0.1) is 0 Å². The molecule has 1 aliphatic heterocycles. The van der Waals surface area contributed by atoms with Gasteiger partial charge in [-0.3, -0.25) is 9.69 Å². The van der Waals surface area contributed by atoms with Crippen molar-refractivity contribution in [2.45, 2.75) is 13.0 Å². The van der Waals surface area contributed by atoms with Gasteiger partial charge in [-0.05, 0) is 30.7 Å². The van der Waals surface area contributed by atoms with Gasteiger partial charge in [0.25, 0.3) is 5.91 Å². The zero-order valence-corrected chi connectivity index (χ0v) is 15.1. The SMILES string of the molecule is CC(c1ccccc1)N1CCN(C(=O)c2ccc(Cl)cc2Cl)CC1. The number of nitrogens with zero attached hydrogens (tertiary/aromatic N) is 2. The van der Waals surface area contributed by atoms with Gasteiger partial charge in [0.2, 0.25) is 0 Å². The zero-order chi connectivity index (χ0) is 17.1. The van der Waals surface area contributed by atoms with E-state index in [9.17, 15) is 4.79 Å². The van der Waals surface area contributed by atoms with Crippen LogP contribution in [0.1, 0.15) is 28.9 Å². The Kier molecular flexibility index (Phi) is 5.44. The predicted molar refractivity (Wildman–Crippen MR) is 98.8 cm³/mol. The minimum absolute atomic E-state index is 0.0244. The lowest BCUT2D eigenvalue weighted by Gasteiger charge is -2.38. The van der Waals surface area contributed by atoms with E-state index in [0.29, 0.717) is 34.7 Å².